The van der Waals surface area contributed by atoms with E-state index in [0.29, 0.717) is 4.84 Å². The van der Waals surface area contributed by atoms with E-state index in [4.69, 9.17) is 21.4 Å². The topological polar surface area (TPSA) is 41.4 Å². The van der Waals surface area contributed by atoms with Crippen molar-refractivity contribution in [2.45, 2.75) is 0 Å². The summed E-state index contributed by atoms with van der Waals surface area (Å²) in [5.41, 5.74) is 2.92. The van der Waals surface area contributed by atoms with Crippen LogP contribution >= 0.6 is 12.2 Å². The molecular weight excluding hydrogens is 224 g/mol. The summed E-state index contributed by atoms with van der Waals surface area (Å²) < 4.78 is 10.7. The van der Waals surface area contributed by atoms with E-state index >= 15 is 0 Å². The van der Waals surface area contributed by atoms with Crippen LogP contribution in [0.25, 0.3) is 11.1 Å². The van der Waals surface area contributed by atoms with Crippen LogP contribution in [0.4, 0.5) is 5.69 Å². The summed E-state index contributed by atoms with van der Waals surface area (Å²) in [5, 5.41) is 0. The maximum atomic E-state index is 5.40. The van der Waals surface area contributed by atoms with E-state index in [9.17, 15) is 0 Å². The Morgan fingerprint density at radius 3 is 2.88 bits per heavy atom. The van der Waals surface area contributed by atoms with Gasteiger partial charge in [0.05, 0.1) is 18.7 Å². The predicted octanol–water partition coefficient (Wildman–Crippen LogP) is 2.33. The highest BCUT2D eigenvalue weighted by molar-refractivity contribution is 7.71. The van der Waals surface area contributed by atoms with Gasteiger partial charge in [-0.1, -0.05) is 0 Å². The van der Waals surface area contributed by atoms with E-state index in [0.717, 1.165) is 43.1 Å². The van der Waals surface area contributed by atoms with Gasteiger partial charge in [0.1, 0.15) is 0 Å². The highest BCUT2D eigenvalue weighted by Crippen LogP contribution is 2.22. The van der Waals surface area contributed by atoms with E-state index < -0.39 is 0 Å². The first-order valence-electron chi connectivity index (χ1n) is 5.28. The first-order chi connectivity index (χ1) is 7.83. The van der Waals surface area contributed by atoms with Gasteiger partial charge in [-0.15, -0.1) is 0 Å². The molecule has 0 radical (unpaired) electrons. The van der Waals surface area contributed by atoms with Gasteiger partial charge in [-0.05, 0) is 24.4 Å². The molecule has 2 heterocycles. The second-order valence-corrected chi connectivity index (χ2v) is 4.17. The average molecular weight is 236 g/mol. The quantitative estimate of drug-likeness (QED) is 0.772. The SMILES string of the molecule is S=c1[nH]c2ccc(N3CCOCC3)cc2o1. The molecule has 1 aliphatic heterocycles. The molecule has 4 nitrogen and oxygen atoms in total. The van der Waals surface area contributed by atoms with Gasteiger partial charge in [-0.25, -0.2) is 0 Å². The zero-order valence-electron chi connectivity index (χ0n) is 8.73. The Hall–Kier alpha value is -1.33. The Morgan fingerprint density at radius 2 is 2.06 bits per heavy atom. The van der Waals surface area contributed by atoms with Crippen LogP contribution in [-0.2, 0) is 4.74 Å². The van der Waals surface area contributed by atoms with Crippen molar-refractivity contribution >= 4 is 29.0 Å². The Labute approximate surface area is 97.8 Å². The largest absolute Gasteiger partial charge is 0.429 e. The normalized spacial score (nSPS) is 16.9. The lowest BCUT2D eigenvalue weighted by Crippen LogP contribution is -2.36. The Morgan fingerprint density at radius 1 is 1.25 bits per heavy atom. The molecule has 0 amide bonds. The molecule has 16 heavy (non-hydrogen) atoms. The van der Waals surface area contributed by atoms with Crippen LogP contribution in [0.2, 0.25) is 0 Å². The number of ether oxygens (including phenoxy) is 1. The van der Waals surface area contributed by atoms with Crippen LogP contribution in [0.15, 0.2) is 22.6 Å². The average Bonchev–Trinajstić information content (AvgIpc) is 2.69. The second kappa shape index (κ2) is 3.92. The standard InChI is InChI=1S/C11H12N2O2S/c16-11-12-9-2-1-8(7-10(9)15-11)13-3-5-14-6-4-13/h1-2,7H,3-6H2,(H,12,16). The monoisotopic (exact) mass is 236 g/mol. The number of hydrogen-bond donors (Lipinski definition) is 1. The number of benzene rings is 1. The van der Waals surface area contributed by atoms with Gasteiger partial charge in [0.2, 0.25) is 0 Å². The third-order valence-electron chi connectivity index (χ3n) is 2.78. The van der Waals surface area contributed by atoms with Crippen LogP contribution in [0.3, 0.4) is 0 Å². The van der Waals surface area contributed by atoms with Gasteiger partial charge in [0.15, 0.2) is 5.58 Å². The lowest BCUT2D eigenvalue weighted by molar-refractivity contribution is 0.122. The first-order valence-corrected chi connectivity index (χ1v) is 5.69. The Bertz CT molecular complexity index is 554. The zero-order chi connectivity index (χ0) is 11.0. The molecule has 1 aromatic carbocycles. The molecule has 0 atom stereocenters. The van der Waals surface area contributed by atoms with Gasteiger partial charge < -0.3 is 19.0 Å². The van der Waals surface area contributed by atoms with E-state index in [1.807, 2.05) is 12.1 Å². The van der Waals surface area contributed by atoms with Crippen LogP contribution in [0.1, 0.15) is 0 Å². The Kier molecular flexibility index (Phi) is 2.41. The van der Waals surface area contributed by atoms with Crippen molar-refractivity contribution in [2.75, 3.05) is 31.2 Å². The molecule has 5 heteroatoms. The summed E-state index contributed by atoms with van der Waals surface area (Å²) >= 11 is 4.96. The predicted molar refractivity (Wildman–Crippen MR) is 64.4 cm³/mol. The van der Waals surface area contributed by atoms with Gasteiger partial charge in [0, 0.05) is 24.8 Å². The number of rotatable bonds is 1. The number of nitrogens with one attached hydrogen (secondary N) is 1. The number of aromatic nitrogens is 1. The summed E-state index contributed by atoms with van der Waals surface area (Å²) in [6.45, 7) is 3.43. The third kappa shape index (κ3) is 1.72. The summed E-state index contributed by atoms with van der Waals surface area (Å²) in [4.78, 5) is 5.70. The number of fused-ring (bicyclic) bond motifs is 1. The first kappa shape index (κ1) is 9.86. The minimum atomic E-state index is 0.425. The van der Waals surface area contributed by atoms with Crippen molar-refractivity contribution in [2.24, 2.45) is 0 Å². The minimum Gasteiger partial charge on any atom is -0.429 e. The smallest absolute Gasteiger partial charge is 0.266 e. The molecule has 0 bridgehead atoms. The van der Waals surface area contributed by atoms with E-state index in [2.05, 4.69) is 16.0 Å². The third-order valence-corrected chi connectivity index (χ3v) is 2.97. The molecule has 0 aliphatic carbocycles. The van der Waals surface area contributed by atoms with E-state index in [1.165, 1.54) is 0 Å². The fourth-order valence-electron chi connectivity index (χ4n) is 1.95. The number of anilines is 1. The van der Waals surface area contributed by atoms with Crippen LogP contribution < -0.4 is 4.90 Å². The molecule has 1 aromatic heterocycles. The molecule has 1 aliphatic rings. The second-order valence-electron chi connectivity index (χ2n) is 3.79. The molecule has 84 valence electrons. The summed E-state index contributed by atoms with van der Waals surface area (Å²) in [7, 11) is 0. The molecule has 0 spiro atoms. The number of morpholine rings is 1. The zero-order valence-corrected chi connectivity index (χ0v) is 9.55. The fourth-order valence-corrected chi connectivity index (χ4v) is 2.15. The maximum absolute atomic E-state index is 5.40. The highest BCUT2D eigenvalue weighted by atomic mass is 32.1. The number of nitrogens with zero attached hydrogens (tertiary/aromatic N) is 1. The van der Waals surface area contributed by atoms with Crippen molar-refractivity contribution in [3.63, 3.8) is 0 Å². The van der Waals surface area contributed by atoms with Crippen molar-refractivity contribution in [3.05, 3.63) is 23.0 Å². The fraction of sp³-hybridized carbons (Fsp3) is 0.364. The van der Waals surface area contributed by atoms with Crippen LogP contribution in [0, 0.1) is 4.84 Å². The van der Waals surface area contributed by atoms with Gasteiger partial charge in [-0.3, -0.25) is 0 Å². The molecule has 3 rings (SSSR count). The number of oxazole rings is 1. The maximum Gasteiger partial charge on any atom is 0.266 e. The molecule has 2 aromatic rings. The van der Waals surface area contributed by atoms with Gasteiger partial charge in [0.25, 0.3) is 4.84 Å². The summed E-state index contributed by atoms with van der Waals surface area (Å²) in [6.07, 6.45) is 0. The van der Waals surface area contributed by atoms with Crippen molar-refractivity contribution < 1.29 is 9.15 Å². The number of aromatic amines is 1. The van der Waals surface area contributed by atoms with E-state index in [1.54, 1.807) is 0 Å². The molecule has 0 saturated carbocycles. The minimum absolute atomic E-state index is 0.425. The lowest BCUT2D eigenvalue weighted by atomic mass is 10.2. The molecule has 1 N–H and O–H groups in total. The van der Waals surface area contributed by atoms with Crippen molar-refractivity contribution in [1.82, 2.24) is 4.98 Å². The molecule has 0 unspecified atom stereocenters. The molecule has 1 fully saturated rings. The molecule has 1 saturated heterocycles. The summed E-state index contributed by atoms with van der Waals surface area (Å²) in [5.74, 6) is 0. The van der Waals surface area contributed by atoms with Crippen molar-refractivity contribution in [3.8, 4) is 0 Å². The van der Waals surface area contributed by atoms with E-state index in [-0.39, 0.29) is 0 Å². The Balaban J connectivity index is 2.00. The summed E-state index contributed by atoms with van der Waals surface area (Å²) in [6, 6.07) is 6.10. The van der Waals surface area contributed by atoms with Crippen LogP contribution in [-0.4, -0.2) is 31.3 Å². The van der Waals surface area contributed by atoms with Crippen LogP contribution in [0.5, 0.6) is 0 Å². The van der Waals surface area contributed by atoms with Gasteiger partial charge in [-0.2, -0.15) is 0 Å². The molecular formula is C11H12N2O2S. The number of hydrogen-bond acceptors (Lipinski definition) is 4. The lowest BCUT2D eigenvalue weighted by Gasteiger charge is -2.28. The van der Waals surface area contributed by atoms with Crippen molar-refractivity contribution in [1.29, 1.82) is 0 Å². The van der Waals surface area contributed by atoms with Gasteiger partial charge >= 0.3 is 0 Å². The highest BCUT2D eigenvalue weighted by Gasteiger charge is 2.12. The number of H-pyrrole nitrogens is 1.